The number of fused-ring (bicyclic) bond motifs is 2. The summed E-state index contributed by atoms with van der Waals surface area (Å²) in [6, 6.07) is 6.14. The Kier molecular flexibility index (Phi) is 10.7. The van der Waals surface area contributed by atoms with E-state index in [1.54, 1.807) is 12.1 Å². The molecular weight excluding hydrogens is 757 g/mol. The highest BCUT2D eigenvalue weighted by Gasteiger charge is 2.63. The van der Waals surface area contributed by atoms with Crippen molar-refractivity contribution in [1.29, 1.82) is 0 Å². The normalized spacial score (nSPS) is 20.9. The zero-order valence-corrected chi connectivity index (χ0v) is 34.0. The molecule has 0 aliphatic carbocycles. The van der Waals surface area contributed by atoms with Gasteiger partial charge < -0.3 is 36.8 Å². The molecule has 3 fully saturated rings. The topological polar surface area (TPSA) is 125 Å². The number of aromatic nitrogens is 2. The van der Waals surface area contributed by atoms with E-state index in [1.165, 1.54) is 12.1 Å². The fraction of sp³-hybridized carbons (Fsp3) is 0.500. The molecule has 0 unspecified atom stereocenters. The van der Waals surface area contributed by atoms with E-state index in [9.17, 15) is 0 Å². The van der Waals surface area contributed by atoms with Gasteiger partial charge in [-0.15, -0.1) is 0 Å². The number of oxazole rings is 2. The number of halogens is 1. The molecule has 0 amide bonds. The first-order valence-corrected chi connectivity index (χ1v) is 17.8. The minimum Gasteiger partial charge on any atom is -0.445 e. The molecule has 18 heteroatoms. The maximum absolute atomic E-state index is 7.11. The SMILES string of the molecule is CC1(C)OB(B2OC(C)(C)C(C)(C)O2)OC1(C)C.[C-]#[N+]c1cc2nc(B3OC(C)(C)C(C)(C)O3)oc2cc1[N+]#[C-].[C-]#[N+]c1cc2nc(Br)oc2cc1[N+]#[C-]. The van der Waals surface area contributed by atoms with Crippen LogP contribution in [0, 0.1) is 26.3 Å². The van der Waals surface area contributed by atoms with Crippen LogP contribution < -0.4 is 5.79 Å². The fourth-order valence-corrected chi connectivity index (χ4v) is 5.66. The van der Waals surface area contributed by atoms with Crippen molar-refractivity contribution in [1.82, 2.24) is 9.97 Å². The van der Waals surface area contributed by atoms with Crippen LogP contribution in [0.25, 0.3) is 41.6 Å². The lowest BCUT2D eigenvalue weighted by molar-refractivity contribution is 0.00578. The molecule has 3 aliphatic heterocycles. The Morgan fingerprint density at radius 3 is 1.17 bits per heavy atom. The molecule has 5 heterocycles. The van der Waals surface area contributed by atoms with Crippen LogP contribution in [0.4, 0.5) is 22.7 Å². The molecule has 0 spiro atoms. The van der Waals surface area contributed by atoms with Crippen molar-refractivity contribution >= 4 is 87.8 Å². The standard InChI is InChI=1S/C15H14BN3O3.C12H24B2O4.C9H2BrN3O/c1-14(2)15(3,4)22-16(21-14)13-19-11-7-9(17-5)10(18-6)8-12(11)20-13;1-9(2)10(3,4)16-13(15-9)14-17-11(5,6)12(7,8)18-14;1-11-5-3-7-8(4-6(5)12-2)14-9(10)13-7/h7-8H,1-4H3;1-8H3;3-4H. The molecule has 14 nitrogen and oxygen atoms in total. The highest BCUT2D eigenvalue weighted by atomic mass is 79.9. The molecule has 0 radical (unpaired) electrons. The average molecular weight is 797 g/mol. The number of benzene rings is 2. The van der Waals surface area contributed by atoms with Gasteiger partial charge in [-0.2, -0.15) is 0 Å². The molecule has 0 bridgehead atoms. The summed E-state index contributed by atoms with van der Waals surface area (Å²) in [5.74, 6) is 0.298. The lowest BCUT2D eigenvalue weighted by atomic mass is 9.49. The Morgan fingerprint density at radius 1 is 0.481 bits per heavy atom. The Balaban J connectivity index is 0.000000160. The van der Waals surface area contributed by atoms with Gasteiger partial charge in [-0.05, 0) is 107 Å². The quantitative estimate of drug-likeness (QED) is 0.143. The highest BCUT2D eigenvalue weighted by molar-refractivity contribution is 9.10. The van der Waals surface area contributed by atoms with Crippen molar-refractivity contribution in [3.05, 3.63) is 74.7 Å². The van der Waals surface area contributed by atoms with Crippen LogP contribution in [-0.4, -0.2) is 64.7 Å². The zero-order valence-electron chi connectivity index (χ0n) is 32.4. The maximum Gasteiger partial charge on any atom is 0.554 e. The van der Waals surface area contributed by atoms with Crippen LogP contribution in [-0.2, 0) is 27.9 Å². The molecule has 0 saturated carbocycles. The number of nitrogens with zero attached hydrogens (tertiary/aromatic N) is 6. The maximum atomic E-state index is 7.11. The smallest absolute Gasteiger partial charge is 0.445 e. The highest BCUT2D eigenvalue weighted by Crippen LogP contribution is 2.43. The van der Waals surface area contributed by atoms with Gasteiger partial charge in [0.25, 0.3) is 4.80 Å². The molecule has 278 valence electrons. The summed E-state index contributed by atoms with van der Waals surface area (Å²) in [7, 11) is -1.66. The van der Waals surface area contributed by atoms with E-state index >= 15 is 0 Å². The van der Waals surface area contributed by atoms with Crippen molar-refractivity contribution in [2.75, 3.05) is 0 Å². The average Bonchev–Trinajstić information content (AvgIpc) is 3.82. The van der Waals surface area contributed by atoms with Crippen LogP contribution in [0.1, 0.15) is 83.1 Å². The van der Waals surface area contributed by atoms with Crippen LogP contribution in [0.5, 0.6) is 0 Å². The van der Waals surface area contributed by atoms with Gasteiger partial charge in [-0.25, -0.2) is 19.7 Å². The van der Waals surface area contributed by atoms with E-state index in [0.29, 0.717) is 38.5 Å². The van der Waals surface area contributed by atoms with Gasteiger partial charge in [0.15, 0.2) is 22.7 Å². The van der Waals surface area contributed by atoms with Gasteiger partial charge >= 0.3 is 21.1 Å². The van der Waals surface area contributed by atoms with Crippen molar-refractivity contribution < 1.29 is 36.8 Å². The van der Waals surface area contributed by atoms with Gasteiger partial charge in [-0.1, -0.05) is 0 Å². The molecule has 3 aliphatic rings. The molecule has 7 rings (SSSR count). The second kappa shape index (κ2) is 14.1. The Hall–Kier alpha value is -4.23. The predicted molar refractivity (Wildman–Crippen MR) is 209 cm³/mol. The van der Waals surface area contributed by atoms with Crippen LogP contribution in [0.3, 0.4) is 0 Å². The number of hydrogen-bond acceptors (Lipinski definition) is 10. The van der Waals surface area contributed by atoms with Gasteiger partial charge in [0, 0.05) is 15.9 Å². The van der Waals surface area contributed by atoms with E-state index in [0.717, 1.165) is 0 Å². The van der Waals surface area contributed by atoms with Crippen molar-refractivity contribution in [3.63, 3.8) is 0 Å². The lowest BCUT2D eigenvalue weighted by Crippen LogP contribution is -2.41. The molecule has 2 aromatic carbocycles. The minimum atomic E-state index is -0.704. The van der Waals surface area contributed by atoms with Crippen LogP contribution >= 0.6 is 15.9 Å². The van der Waals surface area contributed by atoms with Crippen LogP contribution in [0.15, 0.2) is 37.9 Å². The van der Waals surface area contributed by atoms with Crippen molar-refractivity contribution in [3.8, 4) is 0 Å². The second-order valence-electron chi connectivity index (χ2n) is 15.9. The van der Waals surface area contributed by atoms with Gasteiger partial charge in [0.1, 0.15) is 11.2 Å². The van der Waals surface area contributed by atoms with E-state index in [2.05, 4.69) is 45.3 Å². The second-order valence-corrected chi connectivity index (χ2v) is 16.6. The summed E-state index contributed by atoms with van der Waals surface area (Å²) in [4.78, 5) is 21.8. The minimum absolute atomic E-state index is 0.249. The van der Waals surface area contributed by atoms with Gasteiger partial charge in [0.2, 0.25) is 5.79 Å². The third-order valence-corrected chi connectivity index (χ3v) is 11.0. The summed E-state index contributed by atoms with van der Waals surface area (Å²) in [6.07, 6.45) is 0. The first-order valence-electron chi connectivity index (χ1n) is 17.0. The van der Waals surface area contributed by atoms with Crippen molar-refractivity contribution in [2.45, 2.75) is 117 Å². The third kappa shape index (κ3) is 7.67. The van der Waals surface area contributed by atoms with E-state index in [1.807, 2.05) is 83.1 Å². The summed E-state index contributed by atoms with van der Waals surface area (Å²) >= 11 is 3.08. The largest absolute Gasteiger partial charge is 0.554 e. The van der Waals surface area contributed by atoms with E-state index in [4.69, 9.17) is 63.0 Å². The summed E-state index contributed by atoms with van der Waals surface area (Å²) in [5, 5.41) is 0. The number of rotatable bonds is 2. The Labute approximate surface area is 325 Å². The molecule has 54 heavy (non-hydrogen) atoms. The van der Waals surface area contributed by atoms with E-state index < -0.39 is 32.3 Å². The Bertz CT molecular complexity index is 2090. The van der Waals surface area contributed by atoms with E-state index in [-0.39, 0.29) is 39.5 Å². The predicted octanol–water partition coefficient (Wildman–Crippen LogP) is 9.17. The molecule has 2 aromatic heterocycles. The molecular formula is C36H40B3BrN6O8. The number of hydrogen-bond donors (Lipinski definition) is 0. The summed E-state index contributed by atoms with van der Waals surface area (Å²) < 4.78 is 46.5. The monoisotopic (exact) mass is 796 g/mol. The zero-order chi connectivity index (χ0) is 40.2. The summed E-state index contributed by atoms with van der Waals surface area (Å²) in [6.45, 7) is 52.0. The molecule has 0 N–H and O–H groups in total. The molecule has 3 saturated heterocycles. The Morgan fingerprint density at radius 2 is 0.796 bits per heavy atom. The lowest BCUT2D eigenvalue weighted by Gasteiger charge is -2.32. The molecule has 0 atom stereocenters. The molecule has 4 aromatic rings. The first-order chi connectivity index (χ1) is 24.9. The fourth-order valence-electron chi connectivity index (χ4n) is 5.30. The van der Waals surface area contributed by atoms with Gasteiger partial charge in [-0.3, -0.25) is 9.69 Å². The van der Waals surface area contributed by atoms with Crippen LogP contribution in [0.2, 0.25) is 0 Å². The van der Waals surface area contributed by atoms with Crippen molar-refractivity contribution in [2.24, 2.45) is 0 Å². The summed E-state index contributed by atoms with van der Waals surface area (Å²) in [5.41, 5.74) is 0.741. The third-order valence-electron chi connectivity index (χ3n) is 10.7. The first kappa shape index (κ1) is 40.9. The van der Waals surface area contributed by atoms with Gasteiger partial charge in [0.05, 0.1) is 70.9 Å².